The van der Waals surface area contributed by atoms with E-state index in [9.17, 15) is 0 Å². The summed E-state index contributed by atoms with van der Waals surface area (Å²) in [6.45, 7) is 2.14. The number of hydrogen-bond donors (Lipinski definition) is 1. The number of nitrogens with zero attached hydrogens (tertiary/aromatic N) is 1. The van der Waals surface area contributed by atoms with Crippen LogP contribution < -0.4 is 4.74 Å². The van der Waals surface area contributed by atoms with Crippen LogP contribution >= 0.6 is 0 Å². The number of H-pyrrole nitrogens is 1. The van der Waals surface area contributed by atoms with Crippen LogP contribution in [0.25, 0.3) is 11.3 Å². The highest BCUT2D eigenvalue weighted by Gasteiger charge is 2.07. The van der Waals surface area contributed by atoms with Gasteiger partial charge in [0.05, 0.1) is 12.8 Å². The van der Waals surface area contributed by atoms with Crippen molar-refractivity contribution in [2.45, 2.75) is 13.3 Å². The minimum Gasteiger partial charge on any atom is -0.496 e. The molecule has 1 N–H and O–H groups in total. The average molecular weight is 202 g/mol. The van der Waals surface area contributed by atoms with Gasteiger partial charge in [0.25, 0.3) is 0 Å². The number of aromatic amines is 1. The first-order valence-electron chi connectivity index (χ1n) is 5.01. The number of aromatic nitrogens is 2. The van der Waals surface area contributed by atoms with Gasteiger partial charge in [0.1, 0.15) is 5.75 Å². The van der Waals surface area contributed by atoms with E-state index in [0.717, 1.165) is 23.4 Å². The first-order chi connectivity index (χ1) is 7.35. The third-order valence-electron chi connectivity index (χ3n) is 2.46. The average Bonchev–Trinajstić information content (AvgIpc) is 2.81. The summed E-state index contributed by atoms with van der Waals surface area (Å²) in [5, 5.41) is 6.90. The number of rotatable bonds is 3. The Kier molecular flexibility index (Phi) is 2.72. The smallest absolute Gasteiger partial charge is 0.128 e. The second-order valence-electron chi connectivity index (χ2n) is 3.36. The molecular formula is C12H14N2O. The van der Waals surface area contributed by atoms with Crippen molar-refractivity contribution < 1.29 is 4.74 Å². The van der Waals surface area contributed by atoms with Gasteiger partial charge >= 0.3 is 0 Å². The second kappa shape index (κ2) is 4.17. The number of ether oxygens (including phenoxy) is 1. The van der Waals surface area contributed by atoms with E-state index < -0.39 is 0 Å². The Bertz CT molecular complexity index is 435. The van der Waals surface area contributed by atoms with Gasteiger partial charge in [-0.05, 0) is 30.2 Å². The van der Waals surface area contributed by atoms with Gasteiger partial charge < -0.3 is 4.74 Å². The van der Waals surface area contributed by atoms with Crippen molar-refractivity contribution in [3.8, 4) is 17.0 Å². The summed E-state index contributed by atoms with van der Waals surface area (Å²) in [6, 6.07) is 8.15. The standard InChI is InChI=1S/C12H14N2O/c1-3-9-4-5-12(15-2)10(8-9)11-6-7-13-14-11/h4-8H,3H2,1-2H3,(H,13,14). The number of nitrogens with one attached hydrogen (secondary N) is 1. The van der Waals surface area contributed by atoms with Crippen LogP contribution in [0.15, 0.2) is 30.5 Å². The molecule has 3 nitrogen and oxygen atoms in total. The summed E-state index contributed by atoms with van der Waals surface area (Å²) in [6.07, 6.45) is 2.76. The van der Waals surface area contributed by atoms with Crippen molar-refractivity contribution in [3.05, 3.63) is 36.0 Å². The predicted molar refractivity (Wildman–Crippen MR) is 60.0 cm³/mol. The van der Waals surface area contributed by atoms with E-state index in [1.165, 1.54) is 5.56 Å². The zero-order valence-corrected chi connectivity index (χ0v) is 8.95. The molecule has 1 heterocycles. The zero-order valence-electron chi connectivity index (χ0n) is 8.95. The van der Waals surface area contributed by atoms with Crippen LogP contribution in [-0.4, -0.2) is 17.3 Å². The van der Waals surface area contributed by atoms with Crippen molar-refractivity contribution >= 4 is 0 Å². The van der Waals surface area contributed by atoms with Crippen LogP contribution in [0.4, 0.5) is 0 Å². The lowest BCUT2D eigenvalue weighted by Crippen LogP contribution is -1.90. The van der Waals surface area contributed by atoms with Gasteiger partial charge in [-0.2, -0.15) is 5.10 Å². The fourth-order valence-electron chi connectivity index (χ4n) is 1.59. The summed E-state index contributed by atoms with van der Waals surface area (Å²) in [7, 11) is 1.68. The van der Waals surface area contributed by atoms with E-state index in [-0.39, 0.29) is 0 Å². The van der Waals surface area contributed by atoms with Gasteiger partial charge in [0.15, 0.2) is 0 Å². The van der Waals surface area contributed by atoms with Crippen molar-refractivity contribution in [3.63, 3.8) is 0 Å². The van der Waals surface area contributed by atoms with Crippen LogP contribution in [0.5, 0.6) is 5.75 Å². The fourth-order valence-corrected chi connectivity index (χ4v) is 1.59. The minimum absolute atomic E-state index is 0.872. The van der Waals surface area contributed by atoms with Gasteiger partial charge in [-0.1, -0.05) is 13.0 Å². The van der Waals surface area contributed by atoms with Gasteiger partial charge in [0, 0.05) is 11.8 Å². The molecule has 0 amide bonds. The molecule has 0 unspecified atom stereocenters. The summed E-state index contributed by atoms with van der Waals surface area (Å²) >= 11 is 0. The molecule has 15 heavy (non-hydrogen) atoms. The van der Waals surface area contributed by atoms with Crippen LogP contribution in [0.2, 0.25) is 0 Å². The lowest BCUT2D eigenvalue weighted by molar-refractivity contribution is 0.416. The zero-order chi connectivity index (χ0) is 10.7. The third-order valence-corrected chi connectivity index (χ3v) is 2.46. The molecule has 0 spiro atoms. The molecule has 0 saturated carbocycles. The molecule has 0 fully saturated rings. The molecule has 0 bridgehead atoms. The maximum Gasteiger partial charge on any atom is 0.128 e. The fraction of sp³-hybridized carbons (Fsp3) is 0.250. The first kappa shape index (κ1) is 9.77. The normalized spacial score (nSPS) is 10.3. The lowest BCUT2D eigenvalue weighted by Gasteiger charge is -2.08. The molecule has 0 radical (unpaired) electrons. The molecule has 0 aliphatic carbocycles. The molecule has 0 aliphatic rings. The predicted octanol–water partition coefficient (Wildman–Crippen LogP) is 2.65. The van der Waals surface area contributed by atoms with E-state index >= 15 is 0 Å². The molecule has 0 saturated heterocycles. The van der Waals surface area contributed by atoms with Crippen LogP contribution in [0.3, 0.4) is 0 Å². The van der Waals surface area contributed by atoms with E-state index in [1.54, 1.807) is 13.3 Å². The van der Waals surface area contributed by atoms with E-state index in [4.69, 9.17) is 4.74 Å². The SMILES string of the molecule is CCc1ccc(OC)c(-c2ccn[nH]2)c1. The highest BCUT2D eigenvalue weighted by molar-refractivity contribution is 5.67. The Morgan fingerprint density at radius 3 is 2.80 bits per heavy atom. The van der Waals surface area contributed by atoms with Gasteiger partial charge in [-0.15, -0.1) is 0 Å². The molecule has 0 atom stereocenters. The van der Waals surface area contributed by atoms with Crippen molar-refractivity contribution in [2.75, 3.05) is 7.11 Å². The van der Waals surface area contributed by atoms with E-state index in [1.807, 2.05) is 12.1 Å². The van der Waals surface area contributed by atoms with Gasteiger partial charge in [-0.3, -0.25) is 5.10 Å². The lowest BCUT2D eigenvalue weighted by atomic mass is 10.1. The minimum atomic E-state index is 0.872. The number of methoxy groups -OCH3 is 1. The number of aryl methyl sites for hydroxylation is 1. The maximum absolute atomic E-state index is 5.32. The van der Waals surface area contributed by atoms with Gasteiger partial charge in [0.2, 0.25) is 0 Å². The second-order valence-corrected chi connectivity index (χ2v) is 3.36. The summed E-state index contributed by atoms with van der Waals surface area (Å²) in [5.41, 5.74) is 3.34. The monoisotopic (exact) mass is 202 g/mol. The summed E-state index contributed by atoms with van der Waals surface area (Å²) in [4.78, 5) is 0. The summed E-state index contributed by atoms with van der Waals surface area (Å²) < 4.78 is 5.32. The molecule has 2 rings (SSSR count). The topological polar surface area (TPSA) is 37.9 Å². The third kappa shape index (κ3) is 1.86. The Labute approximate surface area is 89.1 Å². The number of benzene rings is 1. The molecular weight excluding hydrogens is 188 g/mol. The van der Waals surface area contributed by atoms with Crippen LogP contribution in [0, 0.1) is 0 Å². The molecule has 1 aromatic heterocycles. The molecule has 0 aliphatic heterocycles. The van der Waals surface area contributed by atoms with Crippen molar-refractivity contribution in [1.82, 2.24) is 10.2 Å². The van der Waals surface area contributed by atoms with Crippen LogP contribution in [0.1, 0.15) is 12.5 Å². The maximum atomic E-state index is 5.32. The summed E-state index contributed by atoms with van der Waals surface area (Å²) in [5.74, 6) is 0.872. The Balaban J connectivity index is 2.52. The quantitative estimate of drug-likeness (QED) is 0.830. The molecule has 1 aromatic carbocycles. The van der Waals surface area contributed by atoms with Crippen molar-refractivity contribution in [2.24, 2.45) is 0 Å². The highest BCUT2D eigenvalue weighted by Crippen LogP contribution is 2.29. The Morgan fingerprint density at radius 1 is 1.33 bits per heavy atom. The Morgan fingerprint density at radius 2 is 2.20 bits per heavy atom. The first-order valence-corrected chi connectivity index (χ1v) is 5.01. The molecule has 2 aromatic rings. The molecule has 78 valence electrons. The largest absolute Gasteiger partial charge is 0.496 e. The highest BCUT2D eigenvalue weighted by atomic mass is 16.5. The van der Waals surface area contributed by atoms with Crippen molar-refractivity contribution in [1.29, 1.82) is 0 Å². The van der Waals surface area contributed by atoms with Crippen LogP contribution in [-0.2, 0) is 6.42 Å². The van der Waals surface area contributed by atoms with E-state index in [2.05, 4.69) is 29.3 Å². The molecule has 3 heteroatoms. The van der Waals surface area contributed by atoms with Gasteiger partial charge in [-0.25, -0.2) is 0 Å². The number of hydrogen-bond acceptors (Lipinski definition) is 2. The Hall–Kier alpha value is -1.77. The van der Waals surface area contributed by atoms with E-state index in [0.29, 0.717) is 0 Å².